The minimum atomic E-state index is -0.564. The van der Waals surface area contributed by atoms with Crippen LogP contribution < -0.4 is 11.1 Å². The van der Waals surface area contributed by atoms with E-state index in [4.69, 9.17) is 5.73 Å². The maximum atomic E-state index is 11.9. The van der Waals surface area contributed by atoms with Gasteiger partial charge in [0.05, 0.1) is 15.5 Å². The Bertz CT molecular complexity index is 628. The highest BCUT2D eigenvalue weighted by atomic mass is 32.1. The Labute approximate surface area is 118 Å². The van der Waals surface area contributed by atoms with E-state index in [2.05, 4.69) is 10.3 Å². The van der Waals surface area contributed by atoms with Gasteiger partial charge in [-0.05, 0) is 6.07 Å². The number of non-ortho nitro benzene ring substituents is 1. The lowest BCUT2D eigenvalue weighted by Crippen LogP contribution is -2.26. The molecule has 2 aromatic rings. The Morgan fingerprint density at radius 1 is 1.50 bits per heavy atom. The van der Waals surface area contributed by atoms with Crippen LogP contribution in [0, 0.1) is 10.1 Å². The van der Waals surface area contributed by atoms with E-state index in [1.807, 2.05) is 5.38 Å². The largest absolute Gasteiger partial charge is 0.398 e. The maximum absolute atomic E-state index is 11.9. The number of amides is 1. The van der Waals surface area contributed by atoms with Crippen LogP contribution >= 0.6 is 11.3 Å². The van der Waals surface area contributed by atoms with Gasteiger partial charge < -0.3 is 11.1 Å². The highest BCUT2D eigenvalue weighted by Crippen LogP contribution is 2.19. The van der Waals surface area contributed by atoms with Gasteiger partial charge in [0.15, 0.2) is 0 Å². The summed E-state index contributed by atoms with van der Waals surface area (Å²) < 4.78 is 0. The van der Waals surface area contributed by atoms with Crippen LogP contribution in [0.5, 0.6) is 0 Å². The molecule has 7 nitrogen and oxygen atoms in total. The standard InChI is InChI=1S/C12H12N4O3S/c13-10-2-1-8(16(18)19)7-9(10)12(17)15-4-3-11-14-5-6-20-11/h1-2,5-7H,3-4,13H2,(H,15,17). The summed E-state index contributed by atoms with van der Waals surface area (Å²) >= 11 is 1.50. The highest BCUT2D eigenvalue weighted by molar-refractivity contribution is 7.09. The van der Waals surface area contributed by atoms with Crippen molar-refractivity contribution in [2.75, 3.05) is 12.3 Å². The summed E-state index contributed by atoms with van der Waals surface area (Å²) in [5, 5.41) is 16.1. The van der Waals surface area contributed by atoms with E-state index in [0.717, 1.165) is 5.01 Å². The second-order valence-electron chi connectivity index (χ2n) is 3.96. The molecular formula is C12H12N4O3S. The van der Waals surface area contributed by atoms with Crippen LogP contribution in [-0.4, -0.2) is 22.4 Å². The lowest BCUT2D eigenvalue weighted by atomic mass is 10.1. The van der Waals surface area contributed by atoms with E-state index >= 15 is 0 Å². The molecule has 0 aliphatic rings. The fraction of sp³-hybridized carbons (Fsp3) is 0.167. The third-order valence-electron chi connectivity index (χ3n) is 2.60. The molecule has 1 heterocycles. The number of rotatable bonds is 5. The minimum absolute atomic E-state index is 0.110. The van der Waals surface area contributed by atoms with Gasteiger partial charge in [-0.25, -0.2) is 4.98 Å². The summed E-state index contributed by atoms with van der Waals surface area (Å²) in [4.78, 5) is 26.2. The summed E-state index contributed by atoms with van der Waals surface area (Å²) in [5.74, 6) is -0.428. The Morgan fingerprint density at radius 2 is 2.30 bits per heavy atom. The fourth-order valence-electron chi connectivity index (χ4n) is 1.61. The lowest BCUT2D eigenvalue weighted by molar-refractivity contribution is -0.384. The molecule has 1 aromatic heterocycles. The summed E-state index contributed by atoms with van der Waals surface area (Å²) in [5.41, 5.74) is 5.82. The van der Waals surface area contributed by atoms with Crippen molar-refractivity contribution in [2.45, 2.75) is 6.42 Å². The zero-order valence-electron chi connectivity index (χ0n) is 10.4. The van der Waals surface area contributed by atoms with Gasteiger partial charge in [-0.2, -0.15) is 0 Å². The zero-order valence-corrected chi connectivity index (χ0v) is 11.2. The molecule has 0 unspecified atom stereocenters. The van der Waals surface area contributed by atoms with Gasteiger partial charge in [-0.1, -0.05) is 0 Å². The molecule has 0 saturated heterocycles. The van der Waals surface area contributed by atoms with Gasteiger partial charge in [0.2, 0.25) is 0 Å². The van der Waals surface area contributed by atoms with Crippen LogP contribution in [0.4, 0.5) is 11.4 Å². The SMILES string of the molecule is Nc1ccc([N+](=O)[O-])cc1C(=O)NCCc1nccs1. The van der Waals surface area contributed by atoms with Crippen molar-refractivity contribution in [1.29, 1.82) is 0 Å². The first-order valence-corrected chi connectivity index (χ1v) is 6.66. The Hall–Kier alpha value is -2.48. The lowest BCUT2D eigenvalue weighted by Gasteiger charge is -2.06. The number of nitrogens with zero attached hydrogens (tertiary/aromatic N) is 2. The van der Waals surface area contributed by atoms with E-state index < -0.39 is 10.8 Å². The third kappa shape index (κ3) is 3.29. The number of nitro groups is 1. The molecule has 0 spiro atoms. The van der Waals surface area contributed by atoms with Crippen LogP contribution in [0.1, 0.15) is 15.4 Å². The normalized spacial score (nSPS) is 10.2. The van der Waals surface area contributed by atoms with Gasteiger partial charge in [-0.3, -0.25) is 14.9 Å². The van der Waals surface area contributed by atoms with Crippen LogP contribution in [0.15, 0.2) is 29.8 Å². The molecule has 0 fully saturated rings. The summed E-state index contributed by atoms with van der Waals surface area (Å²) in [7, 11) is 0. The van der Waals surface area contributed by atoms with E-state index in [0.29, 0.717) is 13.0 Å². The first-order valence-electron chi connectivity index (χ1n) is 5.78. The summed E-state index contributed by atoms with van der Waals surface area (Å²) in [6, 6.07) is 3.80. The number of thiazole rings is 1. The molecule has 0 bridgehead atoms. The number of carbonyl (C=O) groups is 1. The number of benzene rings is 1. The Balaban J connectivity index is 2.01. The van der Waals surface area contributed by atoms with Crippen molar-refractivity contribution < 1.29 is 9.72 Å². The molecule has 1 amide bonds. The van der Waals surface area contributed by atoms with Crippen LogP contribution in [-0.2, 0) is 6.42 Å². The number of nitrogen functional groups attached to an aromatic ring is 1. The number of hydrogen-bond acceptors (Lipinski definition) is 6. The maximum Gasteiger partial charge on any atom is 0.270 e. The topological polar surface area (TPSA) is 111 Å². The third-order valence-corrected chi connectivity index (χ3v) is 3.44. The van der Waals surface area contributed by atoms with Crippen molar-refractivity contribution in [3.8, 4) is 0 Å². The van der Waals surface area contributed by atoms with Crippen LogP contribution in [0.3, 0.4) is 0 Å². The zero-order chi connectivity index (χ0) is 14.5. The first-order chi connectivity index (χ1) is 9.58. The van der Waals surface area contributed by atoms with Crippen LogP contribution in [0.2, 0.25) is 0 Å². The molecule has 0 atom stereocenters. The summed E-state index contributed by atoms with van der Waals surface area (Å²) in [6.07, 6.45) is 2.30. The van der Waals surface area contributed by atoms with Crippen molar-refractivity contribution in [3.05, 3.63) is 50.5 Å². The molecule has 8 heteroatoms. The van der Waals surface area contributed by atoms with Crippen LogP contribution in [0.25, 0.3) is 0 Å². The molecule has 1 aromatic carbocycles. The number of nitrogens with two attached hydrogens (primary N) is 1. The molecule has 0 aliphatic carbocycles. The van der Waals surface area contributed by atoms with Gasteiger partial charge in [-0.15, -0.1) is 11.3 Å². The number of carbonyl (C=O) groups excluding carboxylic acids is 1. The van der Waals surface area contributed by atoms with Crippen molar-refractivity contribution in [2.24, 2.45) is 0 Å². The van der Waals surface area contributed by atoms with E-state index in [-0.39, 0.29) is 16.9 Å². The van der Waals surface area contributed by atoms with Crippen molar-refractivity contribution in [3.63, 3.8) is 0 Å². The molecule has 0 radical (unpaired) electrons. The first kappa shape index (κ1) is 13.9. The second-order valence-corrected chi connectivity index (χ2v) is 4.94. The molecule has 20 heavy (non-hydrogen) atoms. The fourth-order valence-corrected chi connectivity index (χ4v) is 2.23. The Morgan fingerprint density at radius 3 is 2.95 bits per heavy atom. The predicted octanol–water partition coefficient (Wildman–Crippen LogP) is 1.61. The average Bonchev–Trinajstić information content (AvgIpc) is 2.92. The number of aromatic nitrogens is 1. The Kier molecular flexibility index (Phi) is 4.26. The quantitative estimate of drug-likeness (QED) is 0.494. The number of nitro benzene ring substituents is 1. The van der Waals surface area contributed by atoms with Crippen molar-refractivity contribution in [1.82, 2.24) is 10.3 Å². The molecular weight excluding hydrogens is 280 g/mol. The van der Waals surface area contributed by atoms with Gasteiger partial charge in [0.1, 0.15) is 0 Å². The second kappa shape index (κ2) is 6.11. The number of nitrogens with one attached hydrogen (secondary N) is 1. The summed E-state index contributed by atoms with van der Waals surface area (Å²) in [6.45, 7) is 0.397. The number of anilines is 1. The average molecular weight is 292 g/mol. The molecule has 3 N–H and O–H groups in total. The number of hydrogen-bond donors (Lipinski definition) is 2. The molecule has 104 valence electrons. The van der Waals surface area contributed by atoms with Gasteiger partial charge in [0.25, 0.3) is 11.6 Å². The van der Waals surface area contributed by atoms with E-state index in [1.165, 1.54) is 29.5 Å². The van der Waals surface area contributed by atoms with Gasteiger partial charge in [0, 0.05) is 42.4 Å². The molecule has 0 saturated carbocycles. The molecule has 0 aliphatic heterocycles. The van der Waals surface area contributed by atoms with Crippen molar-refractivity contribution >= 4 is 28.6 Å². The predicted molar refractivity (Wildman–Crippen MR) is 75.7 cm³/mol. The van der Waals surface area contributed by atoms with E-state index in [1.54, 1.807) is 6.20 Å². The van der Waals surface area contributed by atoms with Gasteiger partial charge >= 0.3 is 0 Å². The monoisotopic (exact) mass is 292 g/mol. The smallest absolute Gasteiger partial charge is 0.270 e. The molecule has 2 rings (SSSR count). The van der Waals surface area contributed by atoms with E-state index in [9.17, 15) is 14.9 Å². The highest BCUT2D eigenvalue weighted by Gasteiger charge is 2.14. The minimum Gasteiger partial charge on any atom is -0.398 e.